The maximum atomic E-state index is 12.8. The van der Waals surface area contributed by atoms with Gasteiger partial charge in [0, 0.05) is 50.7 Å². The first-order valence-corrected chi connectivity index (χ1v) is 11.9. The van der Waals surface area contributed by atoms with Gasteiger partial charge in [0.1, 0.15) is 5.82 Å². The minimum atomic E-state index is 0.0886. The second-order valence-electron chi connectivity index (χ2n) is 9.39. The molecule has 1 N–H and O–H groups in total. The van der Waals surface area contributed by atoms with Crippen LogP contribution in [0.1, 0.15) is 79.9 Å². The number of fused-ring (bicyclic) bond motifs is 1. The minimum Gasteiger partial charge on any atom is -0.372 e. The highest BCUT2D eigenvalue weighted by molar-refractivity contribution is 5.47. The van der Waals surface area contributed by atoms with E-state index >= 15 is 0 Å². The average molecular weight is 407 g/mol. The molecule has 2 aliphatic heterocycles. The Morgan fingerprint density at radius 2 is 1.67 bits per heavy atom. The highest BCUT2D eigenvalue weighted by Gasteiger charge is 2.24. The van der Waals surface area contributed by atoms with Gasteiger partial charge in [-0.1, -0.05) is 31.4 Å². The molecule has 1 aliphatic carbocycles. The van der Waals surface area contributed by atoms with Crippen LogP contribution in [0, 0.1) is 0 Å². The lowest BCUT2D eigenvalue weighted by Gasteiger charge is -2.30. The van der Waals surface area contributed by atoms with E-state index in [2.05, 4.69) is 39.0 Å². The second kappa shape index (κ2) is 8.93. The van der Waals surface area contributed by atoms with Crippen molar-refractivity contribution in [3.63, 3.8) is 0 Å². The quantitative estimate of drug-likeness (QED) is 0.819. The lowest BCUT2D eigenvalue weighted by Crippen LogP contribution is -2.36. The normalized spacial score (nSPS) is 20.9. The minimum absolute atomic E-state index is 0.0886. The van der Waals surface area contributed by atoms with E-state index in [4.69, 9.17) is 4.98 Å². The number of nitrogens with one attached hydrogen (secondary N) is 1. The van der Waals surface area contributed by atoms with E-state index in [1.54, 1.807) is 0 Å². The van der Waals surface area contributed by atoms with Crippen molar-refractivity contribution in [2.24, 2.45) is 0 Å². The number of H-pyrrole nitrogens is 1. The molecule has 2 aromatic rings. The topological polar surface area (TPSA) is 52.2 Å². The van der Waals surface area contributed by atoms with E-state index in [1.807, 2.05) is 0 Å². The van der Waals surface area contributed by atoms with Crippen molar-refractivity contribution in [2.45, 2.75) is 76.8 Å². The van der Waals surface area contributed by atoms with Crippen molar-refractivity contribution < 1.29 is 0 Å². The van der Waals surface area contributed by atoms with Gasteiger partial charge >= 0.3 is 0 Å². The molecule has 0 radical (unpaired) electrons. The number of nitrogens with zero attached hydrogens (tertiary/aromatic N) is 3. The smallest absolute Gasteiger partial charge is 0.255 e. The SMILES string of the molecule is O=c1[nH]c(C2CCCCC2)nc2c1CN(Cc1ccc(N3CCCCC3)cc1)CC2. The highest BCUT2D eigenvalue weighted by atomic mass is 16.1. The van der Waals surface area contributed by atoms with E-state index in [-0.39, 0.29) is 5.56 Å². The van der Waals surface area contributed by atoms with E-state index in [0.29, 0.717) is 12.5 Å². The molecule has 1 saturated heterocycles. The average Bonchev–Trinajstić information content (AvgIpc) is 2.81. The van der Waals surface area contributed by atoms with Crippen LogP contribution < -0.4 is 10.5 Å². The highest BCUT2D eigenvalue weighted by Crippen LogP contribution is 2.31. The molecule has 1 aromatic carbocycles. The first-order chi connectivity index (χ1) is 14.8. The number of aromatic amines is 1. The van der Waals surface area contributed by atoms with Crippen LogP contribution in [-0.2, 0) is 19.5 Å². The Labute approximate surface area is 179 Å². The Kier molecular flexibility index (Phi) is 5.89. The largest absolute Gasteiger partial charge is 0.372 e. The summed E-state index contributed by atoms with van der Waals surface area (Å²) in [6, 6.07) is 9.05. The molecule has 3 aliphatic rings. The summed E-state index contributed by atoms with van der Waals surface area (Å²) in [6.45, 7) is 4.93. The number of hydrogen-bond acceptors (Lipinski definition) is 4. The van der Waals surface area contributed by atoms with Crippen molar-refractivity contribution in [1.29, 1.82) is 0 Å². The number of rotatable bonds is 4. The monoisotopic (exact) mass is 406 g/mol. The number of benzene rings is 1. The van der Waals surface area contributed by atoms with E-state index in [1.165, 1.54) is 75.7 Å². The molecule has 1 aromatic heterocycles. The van der Waals surface area contributed by atoms with Crippen molar-refractivity contribution in [3.8, 4) is 0 Å². The Bertz CT molecular complexity index is 908. The van der Waals surface area contributed by atoms with Crippen molar-refractivity contribution >= 4 is 5.69 Å². The van der Waals surface area contributed by atoms with Gasteiger partial charge in [-0.15, -0.1) is 0 Å². The summed E-state index contributed by atoms with van der Waals surface area (Å²) in [6.07, 6.45) is 11.0. The first-order valence-electron chi connectivity index (χ1n) is 11.9. The van der Waals surface area contributed by atoms with Gasteiger partial charge in [0.2, 0.25) is 0 Å². The summed E-state index contributed by atoms with van der Waals surface area (Å²) in [4.78, 5) is 25.8. The third kappa shape index (κ3) is 4.31. The summed E-state index contributed by atoms with van der Waals surface area (Å²) in [5.74, 6) is 1.40. The molecule has 0 atom stereocenters. The van der Waals surface area contributed by atoms with Crippen LogP contribution in [0.2, 0.25) is 0 Å². The van der Waals surface area contributed by atoms with Gasteiger partial charge in [0.25, 0.3) is 5.56 Å². The molecule has 3 heterocycles. The molecule has 160 valence electrons. The Hall–Kier alpha value is -2.14. The molecule has 5 nitrogen and oxygen atoms in total. The lowest BCUT2D eigenvalue weighted by atomic mass is 9.88. The summed E-state index contributed by atoms with van der Waals surface area (Å²) in [7, 11) is 0. The van der Waals surface area contributed by atoms with Gasteiger partial charge in [-0.2, -0.15) is 0 Å². The molecular weight excluding hydrogens is 372 g/mol. The molecule has 0 amide bonds. The molecule has 1 saturated carbocycles. The zero-order valence-corrected chi connectivity index (χ0v) is 18.0. The predicted octanol–water partition coefficient (Wildman–Crippen LogP) is 4.37. The predicted molar refractivity (Wildman–Crippen MR) is 121 cm³/mol. The van der Waals surface area contributed by atoms with Crippen LogP contribution in [0.4, 0.5) is 5.69 Å². The Morgan fingerprint density at radius 1 is 0.933 bits per heavy atom. The molecule has 5 heteroatoms. The van der Waals surface area contributed by atoms with Gasteiger partial charge in [-0.3, -0.25) is 9.69 Å². The fourth-order valence-electron chi connectivity index (χ4n) is 5.43. The van der Waals surface area contributed by atoms with Crippen LogP contribution in [0.3, 0.4) is 0 Å². The zero-order chi connectivity index (χ0) is 20.3. The van der Waals surface area contributed by atoms with Gasteiger partial charge in [-0.25, -0.2) is 4.98 Å². The Balaban J connectivity index is 1.25. The van der Waals surface area contributed by atoms with Crippen LogP contribution in [0.25, 0.3) is 0 Å². The third-order valence-electron chi connectivity index (χ3n) is 7.22. The van der Waals surface area contributed by atoms with Crippen molar-refractivity contribution in [1.82, 2.24) is 14.9 Å². The molecule has 0 bridgehead atoms. The maximum Gasteiger partial charge on any atom is 0.255 e. The van der Waals surface area contributed by atoms with Crippen LogP contribution >= 0.6 is 0 Å². The fourth-order valence-corrected chi connectivity index (χ4v) is 5.43. The van der Waals surface area contributed by atoms with Crippen molar-refractivity contribution in [3.05, 3.63) is 57.3 Å². The summed E-state index contributed by atoms with van der Waals surface area (Å²) >= 11 is 0. The molecule has 5 rings (SSSR count). The van der Waals surface area contributed by atoms with E-state index in [9.17, 15) is 4.79 Å². The number of hydrogen-bond donors (Lipinski definition) is 1. The van der Waals surface area contributed by atoms with Crippen LogP contribution in [0.5, 0.6) is 0 Å². The third-order valence-corrected chi connectivity index (χ3v) is 7.22. The van der Waals surface area contributed by atoms with Gasteiger partial charge in [-0.05, 0) is 49.8 Å². The second-order valence-corrected chi connectivity index (χ2v) is 9.39. The van der Waals surface area contributed by atoms with Crippen molar-refractivity contribution in [2.75, 3.05) is 24.5 Å². The van der Waals surface area contributed by atoms with E-state index in [0.717, 1.165) is 36.6 Å². The summed E-state index contributed by atoms with van der Waals surface area (Å²) in [5, 5.41) is 0. The van der Waals surface area contributed by atoms with Crippen LogP contribution in [0.15, 0.2) is 29.1 Å². The van der Waals surface area contributed by atoms with E-state index < -0.39 is 0 Å². The van der Waals surface area contributed by atoms with Gasteiger partial charge < -0.3 is 9.88 Å². The standard InChI is InChI=1S/C25H34N4O/c30-25-22-18-28(16-13-23(22)26-24(27-25)20-7-3-1-4-8-20)17-19-9-11-21(12-10-19)29-14-5-2-6-15-29/h9-12,20H,1-8,13-18H2,(H,26,27,30). The molecule has 0 spiro atoms. The Morgan fingerprint density at radius 3 is 2.43 bits per heavy atom. The summed E-state index contributed by atoms with van der Waals surface area (Å²) < 4.78 is 0. The summed E-state index contributed by atoms with van der Waals surface area (Å²) in [5.41, 5.74) is 4.67. The number of aromatic nitrogens is 2. The zero-order valence-electron chi connectivity index (χ0n) is 18.0. The fraction of sp³-hybridized carbons (Fsp3) is 0.600. The lowest BCUT2D eigenvalue weighted by molar-refractivity contribution is 0.241. The molecular formula is C25H34N4O. The van der Waals surface area contributed by atoms with Gasteiger partial charge in [0.15, 0.2) is 0 Å². The number of anilines is 1. The maximum absolute atomic E-state index is 12.8. The molecule has 30 heavy (non-hydrogen) atoms. The molecule has 2 fully saturated rings. The number of piperidine rings is 1. The first kappa shape index (κ1) is 19.8. The van der Waals surface area contributed by atoms with Gasteiger partial charge in [0.05, 0.1) is 11.3 Å². The van der Waals surface area contributed by atoms with Crippen LogP contribution in [-0.4, -0.2) is 34.5 Å². The molecule has 0 unspecified atom stereocenters.